The smallest absolute Gasteiger partial charge is 0.327 e. The molecule has 9 heteroatoms. The fourth-order valence-corrected chi connectivity index (χ4v) is 5.99. The molecule has 2 heterocycles. The van der Waals surface area contributed by atoms with Gasteiger partial charge in [0, 0.05) is 12.7 Å². The van der Waals surface area contributed by atoms with E-state index in [1.165, 1.54) is 23.6 Å². The molecule has 0 bridgehead atoms. The number of hydrogen-bond donors (Lipinski definition) is 2. The molecule has 0 radical (unpaired) electrons. The third-order valence-corrected chi connectivity index (χ3v) is 7.41. The third-order valence-electron chi connectivity index (χ3n) is 5.06. The van der Waals surface area contributed by atoms with Crippen LogP contribution in [-0.2, 0) is 25.6 Å². The molecule has 2 aliphatic rings. The Morgan fingerprint density at radius 1 is 1.28 bits per heavy atom. The molecule has 0 saturated carbocycles. The van der Waals surface area contributed by atoms with Crippen molar-refractivity contribution in [1.29, 1.82) is 0 Å². The van der Waals surface area contributed by atoms with Gasteiger partial charge in [-0.15, -0.1) is 11.8 Å². The molecule has 3 rings (SSSR count). The van der Waals surface area contributed by atoms with Gasteiger partial charge in [0.2, 0.25) is 11.8 Å². The van der Waals surface area contributed by atoms with Crippen LogP contribution in [0.15, 0.2) is 30.3 Å². The second kappa shape index (κ2) is 9.67. The number of carbonyl (C=O) groups is 4. The summed E-state index contributed by atoms with van der Waals surface area (Å²) in [4.78, 5) is 50.6. The van der Waals surface area contributed by atoms with Gasteiger partial charge in [-0.2, -0.15) is 0 Å². The van der Waals surface area contributed by atoms with Crippen molar-refractivity contribution in [3.8, 4) is 0 Å². The monoisotopic (exact) mass is 436 g/mol. The Hall–Kier alpha value is -2.00. The molecule has 2 N–H and O–H groups in total. The van der Waals surface area contributed by atoms with Gasteiger partial charge in [-0.05, 0) is 31.2 Å². The number of nitrogens with one attached hydrogen (secondary N) is 1. The van der Waals surface area contributed by atoms with Gasteiger partial charge in [0.25, 0.3) is 0 Å². The van der Waals surface area contributed by atoms with E-state index in [4.69, 9.17) is 0 Å². The van der Waals surface area contributed by atoms with Crippen LogP contribution in [0.5, 0.6) is 0 Å². The lowest BCUT2D eigenvalue weighted by Gasteiger charge is -2.28. The molecule has 2 aliphatic heterocycles. The minimum absolute atomic E-state index is 0.155. The number of carboxylic acid groups (broad SMARTS) is 1. The number of aliphatic carboxylic acids is 1. The highest BCUT2D eigenvalue weighted by atomic mass is 32.2. The zero-order valence-electron chi connectivity index (χ0n) is 16.1. The summed E-state index contributed by atoms with van der Waals surface area (Å²) >= 11 is 2.43. The minimum atomic E-state index is -1.02. The molecule has 29 heavy (non-hydrogen) atoms. The number of nitrogens with zero attached hydrogens (tertiary/aromatic N) is 1. The Morgan fingerprint density at radius 3 is 2.66 bits per heavy atom. The number of fused-ring (bicyclic) bond motifs is 1. The predicted octanol–water partition coefficient (Wildman–Crippen LogP) is 1.90. The molecule has 2 saturated heterocycles. The largest absolute Gasteiger partial charge is 0.480 e. The van der Waals surface area contributed by atoms with Crippen LogP contribution in [0.25, 0.3) is 0 Å². The van der Waals surface area contributed by atoms with Crippen molar-refractivity contribution in [1.82, 2.24) is 10.2 Å². The van der Waals surface area contributed by atoms with Gasteiger partial charge in [-0.3, -0.25) is 14.4 Å². The Balaban J connectivity index is 1.73. The lowest BCUT2D eigenvalue weighted by atomic mass is 10.1. The Morgan fingerprint density at radius 2 is 2.00 bits per heavy atom. The van der Waals surface area contributed by atoms with Gasteiger partial charge in [0.05, 0.1) is 10.6 Å². The average Bonchev–Trinajstić information content (AvgIpc) is 3.04. The molecule has 0 aromatic heterocycles. The van der Waals surface area contributed by atoms with E-state index in [9.17, 15) is 24.3 Å². The second-order valence-corrected chi connectivity index (χ2v) is 9.76. The van der Waals surface area contributed by atoms with Crippen molar-refractivity contribution in [3.05, 3.63) is 35.9 Å². The lowest BCUT2D eigenvalue weighted by molar-refractivity contribution is -0.149. The summed E-state index contributed by atoms with van der Waals surface area (Å²) in [5.74, 6) is -1.37. The van der Waals surface area contributed by atoms with E-state index in [1.54, 1.807) is 0 Å². The van der Waals surface area contributed by atoms with Crippen molar-refractivity contribution in [2.45, 2.75) is 55.3 Å². The summed E-state index contributed by atoms with van der Waals surface area (Å²) < 4.78 is 0. The van der Waals surface area contributed by atoms with Crippen LogP contribution in [0.3, 0.4) is 0 Å². The number of rotatable bonds is 6. The third kappa shape index (κ3) is 5.33. The molecule has 0 unspecified atom stereocenters. The molecular formula is C20H24N2O5S2. The van der Waals surface area contributed by atoms with E-state index in [-0.39, 0.29) is 22.3 Å². The normalized spacial score (nSPS) is 25.1. The highest BCUT2D eigenvalue weighted by Crippen LogP contribution is 2.35. The van der Waals surface area contributed by atoms with Gasteiger partial charge >= 0.3 is 5.97 Å². The summed E-state index contributed by atoms with van der Waals surface area (Å²) in [6, 6.07) is 7.77. The molecule has 4 atom stereocenters. The van der Waals surface area contributed by atoms with Gasteiger partial charge in [0.15, 0.2) is 5.12 Å². The Kier molecular flexibility index (Phi) is 7.23. The standard InChI is InChI=1S/C20H24N2O5S2/c1-12(23)29-16(10-13-6-3-2-4-7-13)18(24)21-14-8-5-9-17-22(19(14)25)15(11-28-17)20(26)27/h2-4,6-7,14-17H,5,8-11H2,1H3,(H,21,24)(H,26,27)/t14-,15-,16-,17-/m0/s1. The van der Waals surface area contributed by atoms with Crippen molar-refractivity contribution in [3.63, 3.8) is 0 Å². The van der Waals surface area contributed by atoms with E-state index in [0.29, 0.717) is 25.0 Å². The Labute approximate surface area is 178 Å². The number of amides is 2. The molecule has 2 fully saturated rings. The van der Waals surface area contributed by atoms with Gasteiger partial charge in [-0.1, -0.05) is 42.1 Å². The number of thioether (sulfide) groups is 2. The summed E-state index contributed by atoms with van der Waals surface area (Å²) in [7, 11) is 0. The van der Waals surface area contributed by atoms with Crippen molar-refractivity contribution in [2.75, 3.05) is 5.75 Å². The second-order valence-electron chi connectivity index (χ2n) is 7.17. The fourth-order valence-electron chi connectivity index (χ4n) is 3.69. The van der Waals surface area contributed by atoms with E-state index in [2.05, 4.69) is 5.32 Å². The van der Waals surface area contributed by atoms with E-state index in [1.807, 2.05) is 30.3 Å². The van der Waals surface area contributed by atoms with Crippen LogP contribution in [-0.4, -0.2) is 61.4 Å². The first-order valence-corrected chi connectivity index (χ1v) is 11.5. The summed E-state index contributed by atoms with van der Waals surface area (Å²) in [6.07, 6.45) is 2.27. The van der Waals surface area contributed by atoms with Gasteiger partial charge in [0.1, 0.15) is 12.1 Å². The van der Waals surface area contributed by atoms with Crippen LogP contribution < -0.4 is 5.32 Å². The zero-order chi connectivity index (χ0) is 21.0. The fraction of sp³-hybridized carbons (Fsp3) is 0.500. The number of benzene rings is 1. The maximum Gasteiger partial charge on any atom is 0.327 e. The highest BCUT2D eigenvalue weighted by Gasteiger charge is 2.45. The molecule has 0 aliphatic carbocycles. The molecule has 7 nitrogen and oxygen atoms in total. The van der Waals surface area contributed by atoms with Crippen molar-refractivity contribution >= 4 is 46.4 Å². The number of carboxylic acids is 1. The molecule has 2 amide bonds. The molecule has 156 valence electrons. The van der Waals surface area contributed by atoms with Crippen LogP contribution >= 0.6 is 23.5 Å². The maximum atomic E-state index is 13.0. The molecule has 1 aromatic rings. The SMILES string of the molecule is CC(=O)S[C@@H](Cc1ccccc1)C(=O)N[C@H]1CCC[C@@H]2SC[C@@H](C(=O)O)N2C1=O. The first-order chi connectivity index (χ1) is 13.9. The summed E-state index contributed by atoms with van der Waals surface area (Å²) in [6.45, 7) is 1.41. The maximum absolute atomic E-state index is 13.0. The summed E-state index contributed by atoms with van der Waals surface area (Å²) in [5.41, 5.74) is 0.926. The minimum Gasteiger partial charge on any atom is -0.480 e. The molecular weight excluding hydrogens is 412 g/mol. The van der Waals surface area contributed by atoms with Crippen LogP contribution in [0, 0.1) is 0 Å². The quantitative estimate of drug-likeness (QED) is 0.702. The van der Waals surface area contributed by atoms with Crippen LogP contribution in [0.4, 0.5) is 0 Å². The van der Waals surface area contributed by atoms with Gasteiger partial charge in [-0.25, -0.2) is 4.79 Å². The van der Waals surface area contributed by atoms with E-state index in [0.717, 1.165) is 23.7 Å². The van der Waals surface area contributed by atoms with Crippen LogP contribution in [0.2, 0.25) is 0 Å². The highest BCUT2D eigenvalue weighted by molar-refractivity contribution is 8.14. The topological polar surface area (TPSA) is 104 Å². The molecule has 0 spiro atoms. The first kappa shape index (κ1) is 21.7. The van der Waals surface area contributed by atoms with Gasteiger partial charge < -0.3 is 15.3 Å². The van der Waals surface area contributed by atoms with Crippen LogP contribution in [0.1, 0.15) is 31.7 Å². The predicted molar refractivity (Wildman–Crippen MR) is 113 cm³/mol. The van der Waals surface area contributed by atoms with Crippen molar-refractivity contribution in [2.24, 2.45) is 0 Å². The van der Waals surface area contributed by atoms with E-state index >= 15 is 0 Å². The average molecular weight is 437 g/mol. The first-order valence-electron chi connectivity index (χ1n) is 9.55. The Bertz CT molecular complexity index is 788. The lowest BCUT2D eigenvalue weighted by Crippen LogP contribution is -2.54. The van der Waals surface area contributed by atoms with Crippen molar-refractivity contribution < 1.29 is 24.3 Å². The summed E-state index contributed by atoms with van der Waals surface area (Å²) in [5, 5.41) is 11.3. The number of hydrogen-bond acceptors (Lipinski definition) is 6. The number of carbonyl (C=O) groups excluding carboxylic acids is 3. The molecule has 1 aromatic carbocycles. The van der Waals surface area contributed by atoms with E-state index < -0.39 is 23.3 Å². The zero-order valence-corrected chi connectivity index (χ0v) is 17.7.